The molecule has 1 heterocycles. The molecule has 0 fully saturated rings. The van der Waals surface area contributed by atoms with Gasteiger partial charge in [0.05, 0.1) is 16.8 Å². The Kier molecular flexibility index (Phi) is 2.78. The molecule has 2 aromatic rings. The van der Waals surface area contributed by atoms with E-state index < -0.39 is 0 Å². The highest BCUT2D eigenvalue weighted by Crippen LogP contribution is 2.32. The van der Waals surface area contributed by atoms with Gasteiger partial charge in [0, 0.05) is 3.57 Å². The predicted molar refractivity (Wildman–Crippen MR) is 78.4 cm³/mol. The van der Waals surface area contributed by atoms with Crippen molar-refractivity contribution in [3.63, 3.8) is 0 Å². The Bertz CT molecular complexity index is 677. The Morgan fingerprint density at radius 3 is 2.05 bits per heavy atom. The maximum atomic E-state index is 12.3. The zero-order chi connectivity index (χ0) is 13.6. The SMILES string of the molecule is O=C1c2ccccc2C(=O)N1c1ccc(O)cc1I. The van der Waals surface area contributed by atoms with E-state index in [1.165, 1.54) is 12.1 Å². The minimum Gasteiger partial charge on any atom is -0.508 e. The summed E-state index contributed by atoms with van der Waals surface area (Å²) in [6.45, 7) is 0. The molecule has 4 nitrogen and oxygen atoms in total. The van der Waals surface area contributed by atoms with Crippen molar-refractivity contribution in [2.75, 3.05) is 4.90 Å². The van der Waals surface area contributed by atoms with Crippen LogP contribution >= 0.6 is 22.6 Å². The van der Waals surface area contributed by atoms with E-state index >= 15 is 0 Å². The van der Waals surface area contributed by atoms with Crippen LogP contribution < -0.4 is 4.90 Å². The molecule has 0 atom stereocenters. The summed E-state index contributed by atoms with van der Waals surface area (Å²) < 4.78 is 0.645. The molecule has 19 heavy (non-hydrogen) atoms. The maximum Gasteiger partial charge on any atom is 0.266 e. The zero-order valence-corrected chi connectivity index (χ0v) is 11.8. The Balaban J connectivity index is 2.14. The summed E-state index contributed by atoms with van der Waals surface area (Å²) in [6.07, 6.45) is 0. The van der Waals surface area contributed by atoms with Gasteiger partial charge in [-0.25, -0.2) is 4.90 Å². The molecular weight excluding hydrogens is 357 g/mol. The first kappa shape index (κ1) is 12.2. The zero-order valence-electron chi connectivity index (χ0n) is 9.63. The third-order valence-electron chi connectivity index (χ3n) is 2.97. The summed E-state index contributed by atoms with van der Waals surface area (Å²) in [4.78, 5) is 25.7. The molecule has 0 radical (unpaired) electrons. The van der Waals surface area contributed by atoms with E-state index in [4.69, 9.17) is 0 Å². The fourth-order valence-corrected chi connectivity index (χ4v) is 2.83. The van der Waals surface area contributed by atoms with E-state index in [1.807, 2.05) is 22.6 Å². The molecule has 0 aromatic heterocycles. The molecule has 0 unspecified atom stereocenters. The molecule has 0 aliphatic carbocycles. The number of phenols is 1. The van der Waals surface area contributed by atoms with Crippen molar-refractivity contribution >= 4 is 40.1 Å². The summed E-state index contributed by atoms with van der Waals surface area (Å²) in [7, 11) is 0. The van der Waals surface area contributed by atoms with Crippen molar-refractivity contribution in [1.29, 1.82) is 0 Å². The van der Waals surface area contributed by atoms with Crippen LogP contribution in [0.15, 0.2) is 42.5 Å². The number of aromatic hydroxyl groups is 1. The van der Waals surface area contributed by atoms with Crippen molar-refractivity contribution in [2.24, 2.45) is 0 Å². The monoisotopic (exact) mass is 365 g/mol. The second-order valence-electron chi connectivity index (χ2n) is 4.13. The maximum absolute atomic E-state index is 12.3. The fourth-order valence-electron chi connectivity index (χ4n) is 2.09. The molecule has 0 bridgehead atoms. The number of fused-ring (bicyclic) bond motifs is 1. The Labute approximate surface area is 122 Å². The van der Waals surface area contributed by atoms with Crippen LogP contribution in [0, 0.1) is 3.57 Å². The molecule has 2 aromatic carbocycles. The van der Waals surface area contributed by atoms with Crippen LogP contribution in [0.2, 0.25) is 0 Å². The van der Waals surface area contributed by atoms with Crippen LogP contribution in [0.25, 0.3) is 0 Å². The highest BCUT2D eigenvalue weighted by molar-refractivity contribution is 14.1. The van der Waals surface area contributed by atoms with Gasteiger partial charge in [-0.3, -0.25) is 9.59 Å². The summed E-state index contributed by atoms with van der Waals surface area (Å²) in [5.74, 6) is -0.557. The summed E-state index contributed by atoms with van der Waals surface area (Å²) in [5, 5.41) is 9.39. The van der Waals surface area contributed by atoms with Crippen LogP contribution in [0.5, 0.6) is 5.75 Å². The molecule has 0 saturated carbocycles. The van der Waals surface area contributed by atoms with Gasteiger partial charge < -0.3 is 5.11 Å². The number of amides is 2. The lowest BCUT2D eigenvalue weighted by Gasteiger charge is -2.15. The highest BCUT2D eigenvalue weighted by Gasteiger charge is 2.37. The van der Waals surface area contributed by atoms with Gasteiger partial charge in [-0.2, -0.15) is 0 Å². The minimum absolute atomic E-state index is 0.102. The van der Waals surface area contributed by atoms with Gasteiger partial charge in [0.25, 0.3) is 11.8 Å². The van der Waals surface area contributed by atoms with Gasteiger partial charge in [0.2, 0.25) is 0 Å². The van der Waals surface area contributed by atoms with Crippen molar-refractivity contribution in [1.82, 2.24) is 0 Å². The number of carbonyl (C=O) groups is 2. The second kappa shape index (κ2) is 4.34. The van der Waals surface area contributed by atoms with E-state index in [0.717, 1.165) is 4.90 Å². The number of rotatable bonds is 1. The Hall–Kier alpha value is -1.89. The smallest absolute Gasteiger partial charge is 0.266 e. The number of nitrogens with zero attached hydrogens (tertiary/aromatic N) is 1. The number of halogens is 1. The lowest BCUT2D eigenvalue weighted by molar-refractivity contribution is 0.0926. The van der Waals surface area contributed by atoms with E-state index in [2.05, 4.69) is 0 Å². The van der Waals surface area contributed by atoms with Gasteiger partial charge in [-0.15, -0.1) is 0 Å². The van der Waals surface area contributed by atoms with Crippen LogP contribution in [-0.2, 0) is 0 Å². The van der Waals surface area contributed by atoms with Crippen LogP contribution in [-0.4, -0.2) is 16.9 Å². The molecule has 5 heteroatoms. The number of phenolic OH excluding ortho intramolecular Hbond substituents is 1. The Morgan fingerprint density at radius 2 is 1.53 bits per heavy atom. The largest absolute Gasteiger partial charge is 0.508 e. The molecule has 0 spiro atoms. The van der Waals surface area contributed by atoms with E-state index in [0.29, 0.717) is 20.4 Å². The standard InChI is InChI=1S/C14H8INO3/c15-11-7-8(17)5-6-12(11)16-13(18)9-3-1-2-4-10(9)14(16)19/h1-7,17H. The first-order chi connectivity index (χ1) is 9.09. The molecule has 1 N–H and O–H groups in total. The topological polar surface area (TPSA) is 57.6 Å². The first-order valence-electron chi connectivity index (χ1n) is 5.56. The van der Waals surface area contributed by atoms with Crippen molar-refractivity contribution in [2.45, 2.75) is 0 Å². The van der Waals surface area contributed by atoms with E-state index in [-0.39, 0.29) is 17.6 Å². The average Bonchev–Trinajstić information content (AvgIpc) is 2.64. The highest BCUT2D eigenvalue weighted by atomic mass is 127. The van der Waals surface area contributed by atoms with E-state index in [9.17, 15) is 14.7 Å². The quantitative estimate of drug-likeness (QED) is 0.625. The molecule has 94 valence electrons. The summed E-state index contributed by atoms with van der Waals surface area (Å²) in [5.41, 5.74) is 1.32. The molecule has 0 saturated heterocycles. The second-order valence-corrected chi connectivity index (χ2v) is 5.29. The first-order valence-corrected chi connectivity index (χ1v) is 6.64. The fraction of sp³-hybridized carbons (Fsp3) is 0. The lowest BCUT2D eigenvalue weighted by Crippen LogP contribution is -2.30. The number of imide groups is 1. The van der Waals surface area contributed by atoms with Gasteiger partial charge in [-0.1, -0.05) is 12.1 Å². The van der Waals surface area contributed by atoms with Gasteiger partial charge in [0.15, 0.2) is 0 Å². The van der Waals surface area contributed by atoms with Gasteiger partial charge in [-0.05, 0) is 52.9 Å². The number of carbonyl (C=O) groups excluding carboxylic acids is 2. The molecule has 2 amide bonds. The third-order valence-corrected chi connectivity index (χ3v) is 3.83. The lowest BCUT2D eigenvalue weighted by atomic mass is 10.1. The minimum atomic E-state index is -0.329. The normalized spacial score (nSPS) is 13.8. The van der Waals surface area contributed by atoms with Crippen LogP contribution in [0.3, 0.4) is 0 Å². The molecule has 1 aliphatic rings. The van der Waals surface area contributed by atoms with Gasteiger partial charge in [0.1, 0.15) is 5.75 Å². The molecule has 3 rings (SSSR count). The van der Waals surface area contributed by atoms with Crippen molar-refractivity contribution in [3.8, 4) is 5.75 Å². The average molecular weight is 365 g/mol. The number of hydrogen-bond donors (Lipinski definition) is 1. The van der Waals surface area contributed by atoms with Crippen LogP contribution in [0.4, 0.5) is 5.69 Å². The van der Waals surface area contributed by atoms with E-state index in [1.54, 1.807) is 30.3 Å². The van der Waals surface area contributed by atoms with Crippen LogP contribution in [0.1, 0.15) is 20.7 Å². The summed E-state index contributed by atoms with van der Waals surface area (Å²) in [6, 6.07) is 11.3. The van der Waals surface area contributed by atoms with Crippen molar-refractivity contribution < 1.29 is 14.7 Å². The molecular formula is C14H8INO3. The number of anilines is 1. The molecule has 1 aliphatic heterocycles. The number of benzene rings is 2. The van der Waals surface area contributed by atoms with Gasteiger partial charge >= 0.3 is 0 Å². The summed E-state index contributed by atoms with van der Waals surface area (Å²) >= 11 is 1.99. The third kappa shape index (κ3) is 1.81. The number of hydrogen-bond acceptors (Lipinski definition) is 3. The van der Waals surface area contributed by atoms with Crippen molar-refractivity contribution in [3.05, 3.63) is 57.2 Å². The predicted octanol–water partition coefficient (Wildman–Crippen LogP) is 2.80. The Morgan fingerprint density at radius 1 is 0.947 bits per heavy atom.